The number of aromatic nitrogens is 4. The summed E-state index contributed by atoms with van der Waals surface area (Å²) in [4.78, 5) is 15.2. The minimum absolute atomic E-state index is 0.0874. The molecule has 0 saturated carbocycles. The van der Waals surface area contributed by atoms with E-state index in [2.05, 4.69) is 15.4 Å². The summed E-state index contributed by atoms with van der Waals surface area (Å²) in [5.41, 5.74) is 1.21. The molecule has 0 spiro atoms. The molecule has 0 aliphatic carbocycles. The van der Waals surface area contributed by atoms with E-state index in [1.165, 1.54) is 15.8 Å². The van der Waals surface area contributed by atoms with Crippen LogP contribution in [-0.2, 0) is 11.3 Å². The molecule has 0 radical (unpaired) electrons. The molecule has 1 aromatic heterocycles. The zero-order valence-electron chi connectivity index (χ0n) is 14.3. The average molecular weight is 374 g/mol. The second-order valence-corrected chi connectivity index (χ2v) is 6.29. The number of nitrogens with zero attached hydrogens (tertiary/aromatic N) is 5. The maximum atomic E-state index is 13.9. The van der Waals surface area contributed by atoms with E-state index in [1.807, 2.05) is 0 Å². The van der Waals surface area contributed by atoms with Gasteiger partial charge in [0, 0.05) is 23.2 Å². The third-order valence-electron chi connectivity index (χ3n) is 4.16. The topological polar surface area (TPSA) is 63.9 Å². The third kappa shape index (κ3) is 3.88. The maximum absolute atomic E-state index is 13.9. The van der Waals surface area contributed by atoms with Crippen LogP contribution in [0.25, 0.3) is 11.4 Å². The molecule has 0 bridgehead atoms. The van der Waals surface area contributed by atoms with Crippen molar-refractivity contribution in [3.8, 4) is 11.4 Å². The predicted molar refractivity (Wildman–Crippen MR) is 95.8 cm³/mol. The zero-order chi connectivity index (χ0) is 18.7. The van der Waals surface area contributed by atoms with Crippen molar-refractivity contribution in [3.05, 3.63) is 64.9 Å². The normalized spacial score (nSPS) is 12.0. The number of benzene rings is 2. The van der Waals surface area contributed by atoms with Crippen LogP contribution in [0.3, 0.4) is 0 Å². The van der Waals surface area contributed by atoms with Gasteiger partial charge in [0.05, 0.1) is 6.04 Å². The molecule has 0 aliphatic rings. The number of amides is 1. The Kier molecular flexibility index (Phi) is 5.27. The van der Waals surface area contributed by atoms with Gasteiger partial charge >= 0.3 is 0 Å². The van der Waals surface area contributed by atoms with Crippen LogP contribution < -0.4 is 0 Å². The largest absolute Gasteiger partial charge is 0.337 e. The van der Waals surface area contributed by atoms with Crippen LogP contribution in [0.15, 0.2) is 48.5 Å². The number of rotatable bonds is 5. The number of hydrogen-bond acceptors (Lipinski definition) is 4. The molecule has 26 heavy (non-hydrogen) atoms. The first-order valence-corrected chi connectivity index (χ1v) is 8.37. The molecule has 0 N–H and O–H groups in total. The standard InChI is InChI=1S/C18H17ClFN5O/c1-12(15-5-3-4-6-16(15)20)24(2)17(26)11-25-22-18(21-23-25)13-7-9-14(19)10-8-13/h3-10,12H,11H2,1-2H3. The molecule has 6 nitrogen and oxygen atoms in total. The highest BCUT2D eigenvalue weighted by molar-refractivity contribution is 6.30. The van der Waals surface area contributed by atoms with Crippen molar-refractivity contribution >= 4 is 17.5 Å². The summed E-state index contributed by atoms with van der Waals surface area (Å²) in [6.45, 7) is 1.68. The Labute approximate surface area is 155 Å². The number of likely N-dealkylation sites (N-methyl/N-ethyl adjacent to an activating group) is 1. The fourth-order valence-corrected chi connectivity index (χ4v) is 2.62. The molecule has 0 fully saturated rings. The maximum Gasteiger partial charge on any atom is 0.246 e. The number of carbonyl (C=O) groups is 1. The molecule has 1 atom stereocenters. The first-order valence-electron chi connectivity index (χ1n) is 7.99. The highest BCUT2D eigenvalue weighted by Crippen LogP contribution is 2.22. The number of halogens is 2. The van der Waals surface area contributed by atoms with Gasteiger partial charge in [0.25, 0.3) is 0 Å². The summed E-state index contributed by atoms with van der Waals surface area (Å²) in [5.74, 6) is -0.191. The SMILES string of the molecule is CC(c1ccccc1F)N(C)C(=O)Cn1nnc(-c2ccc(Cl)cc2)n1. The zero-order valence-corrected chi connectivity index (χ0v) is 15.1. The van der Waals surface area contributed by atoms with E-state index in [-0.39, 0.29) is 18.3 Å². The Bertz CT molecular complexity index is 912. The lowest BCUT2D eigenvalue weighted by Crippen LogP contribution is -2.33. The molecular formula is C18H17ClFN5O. The number of tetrazole rings is 1. The Morgan fingerprint density at radius 1 is 1.23 bits per heavy atom. The minimum Gasteiger partial charge on any atom is -0.337 e. The Morgan fingerprint density at radius 3 is 2.62 bits per heavy atom. The summed E-state index contributed by atoms with van der Waals surface area (Å²) in [7, 11) is 1.62. The van der Waals surface area contributed by atoms with E-state index >= 15 is 0 Å². The lowest BCUT2D eigenvalue weighted by atomic mass is 10.1. The summed E-state index contributed by atoms with van der Waals surface area (Å²) in [6, 6.07) is 13.0. The van der Waals surface area contributed by atoms with Crippen molar-refractivity contribution in [1.29, 1.82) is 0 Å². The average Bonchev–Trinajstić information content (AvgIpc) is 3.10. The van der Waals surface area contributed by atoms with Crippen LogP contribution in [0.1, 0.15) is 18.5 Å². The van der Waals surface area contributed by atoms with Gasteiger partial charge in [-0.1, -0.05) is 29.8 Å². The van der Waals surface area contributed by atoms with Gasteiger partial charge in [-0.25, -0.2) is 4.39 Å². The summed E-state index contributed by atoms with van der Waals surface area (Å²) in [6.07, 6.45) is 0. The lowest BCUT2D eigenvalue weighted by Gasteiger charge is -2.25. The summed E-state index contributed by atoms with van der Waals surface area (Å²) >= 11 is 5.86. The Morgan fingerprint density at radius 2 is 1.92 bits per heavy atom. The van der Waals surface area contributed by atoms with Crippen molar-refractivity contribution in [3.63, 3.8) is 0 Å². The van der Waals surface area contributed by atoms with Crippen molar-refractivity contribution in [1.82, 2.24) is 25.1 Å². The van der Waals surface area contributed by atoms with Crippen LogP contribution in [0.4, 0.5) is 4.39 Å². The Balaban J connectivity index is 1.70. The quantitative estimate of drug-likeness (QED) is 0.688. The molecule has 134 valence electrons. The molecule has 1 heterocycles. The molecular weight excluding hydrogens is 357 g/mol. The first kappa shape index (κ1) is 18.0. The van der Waals surface area contributed by atoms with Gasteiger partial charge in [-0.05, 0) is 42.5 Å². The monoisotopic (exact) mass is 373 g/mol. The van der Waals surface area contributed by atoms with E-state index in [0.29, 0.717) is 16.4 Å². The lowest BCUT2D eigenvalue weighted by molar-refractivity contribution is -0.132. The fraction of sp³-hybridized carbons (Fsp3) is 0.222. The van der Waals surface area contributed by atoms with Crippen LogP contribution >= 0.6 is 11.6 Å². The molecule has 0 aliphatic heterocycles. The molecule has 0 saturated heterocycles. The van der Waals surface area contributed by atoms with Crippen LogP contribution in [0.2, 0.25) is 5.02 Å². The van der Waals surface area contributed by atoms with E-state index in [4.69, 9.17) is 11.6 Å². The van der Waals surface area contributed by atoms with Gasteiger partial charge in [-0.3, -0.25) is 4.79 Å². The van der Waals surface area contributed by atoms with E-state index in [9.17, 15) is 9.18 Å². The first-order chi connectivity index (χ1) is 12.5. The van der Waals surface area contributed by atoms with E-state index in [1.54, 1.807) is 56.4 Å². The number of hydrogen-bond donors (Lipinski definition) is 0. The molecule has 2 aromatic carbocycles. The summed E-state index contributed by atoms with van der Waals surface area (Å²) in [5, 5.41) is 12.7. The van der Waals surface area contributed by atoms with Crippen LogP contribution in [0, 0.1) is 5.82 Å². The third-order valence-corrected chi connectivity index (χ3v) is 4.41. The van der Waals surface area contributed by atoms with E-state index in [0.717, 1.165) is 5.56 Å². The fourth-order valence-electron chi connectivity index (χ4n) is 2.50. The van der Waals surface area contributed by atoms with Crippen molar-refractivity contribution in [2.24, 2.45) is 0 Å². The highest BCUT2D eigenvalue weighted by atomic mass is 35.5. The molecule has 3 aromatic rings. The Hall–Kier alpha value is -2.80. The smallest absolute Gasteiger partial charge is 0.246 e. The van der Waals surface area contributed by atoms with Gasteiger partial charge < -0.3 is 4.90 Å². The van der Waals surface area contributed by atoms with Gasteiger partial charge in [0.1, 0.15) is 12.4 Å². The molecule has 1 unspecified atom stereocenters. The van der Waals surface area contributed by atoms with Crippen molar-refractivity contribution < 1.29 is 9.18 Å². The highest BCUT2D eigenvalue weighted by Gasteiger charge is 2.21. The van der Waals surface area contributed by atoms with Crippen molar-refractivity contribution in [2.45, 2.75) is 19.5 Å². The second-order valence-electron chi connectivity index (χ2n) is 5.85. The van der Waals surface area contributed by atoms with Gasteiger partial charge in [0.15, 0.2) is 0 Å². The van der Waals surface area contributed by atoms with Crippen LogP contribution in [-0.4, -0.2) is 38.1 Å². The predicted octanol–water partition coefficient (Wildman–Crippen LogP) is 3.35. The molecule has 3 rings (SSSR count). The van der Waals surface area contributed by atoms with Gasteiger partial charge in [-0.15, -0.1) is 10.2 Å². The van der Waals surface area contributed by atoms with Crippen molar-refractivity contribution in [2.75, 3.05) is 7.05 Å². The van der Waals surface area contributed by atoms with Gasteiger partial charge in [0.2, 0.25) is 11.7 Å². The minimum atomic E-state index is -0.414. The van der Waals surface area contributed by atoms with Gasteiger partial charge in [-0.2, -0.15) is 4.80 Å². The molecule has 8 heteroatoms. The van der Waals surface area contributed by atoms with E-state index < -0.39 is 6.04 Å². The summed E-state index contributed by atoms with van der Waals surface area (Å²) < 4.78 is 13.9. The second kappa shape index (κ2) is 7.61. The van der Waals surface area contributed by atoms with Crippen LogP contribution in [0.5, 0.6) is 0 Å². The number of carbonyl (C=O) groups excluding carboxylic acids is 1. The molecule has 1 amide bonds.